The van der Waals surface area contributed by atoms with Crippen LogP contribution in [-0.2, 0) is 4.79 Å². The second kappa shape index (κ2) is 9.75. The largest absolute Gasteiger partial charge is 0.494 e. The third-order valence-electron chi connectivity index (χ3n) is 3.77. The molecule has 1 saturated heterocycles. The maximum absolute atomic E-state index is 12.7. The van der Waals surface area contributed by atoms with Gasteiger partial charge in [-0.1, -0.05) is 0 Å². The third kappa shape index (κ3) is 6.44. The van der Waals surface area contributed by atoms with Crippen molar-refractivity contribution in [1.29, 1.82) is 0 Å². The Balaban J connectivity index is 1.47. The van der Waals surface area contributed by atoms with Crippen molar-refractivity contribution in [3.05, 3.63) is 30.1 Å². The van der Waals surface area contributed by atoms with Gasteiger partial charge < -0.3 is 20.3 Å². The standard InChI is InChI=1S/C17H24FN3O3/c18-14-4-6-15(7-5-14)24-13-3-9-19-17(23)20-10-8-16(22)21-11-1-2-12-21/h4-7H,1-3,8-13H2,(H2,19,20,23). The Labute approximate surface area is 141 Å². The molecule has 132 valence electrons. The number of urea groups is 1. The lowest BCUT2D eigenvalue weighted by Crippen LogP contribution is -2.39. The van der Waals surface area contributed by atoms with Gasteiger partial charge in [0, 0.05) is 32.6 Å². The van der Waals surface area contributed by atoms with Crippen molar-refractivity contribution in [1.82, 2.24) is 15.5 Å². The van der Waals surface area contributed by atoms with E-state index in [2.05, 4.69) is 10.6 Å². The number of ether oxygens (including phenoxy) is 1. The van der Waals surface area contributed by atoms with E-state index in [-0.39, 0.29) is 17.8 Å². The van der Waals surface area contributed by atoms with E-state index in [1.54, 1.807) is 12.1 Å². The number of benzene rings is 1. The zero-order chi connectivity index (χ0) is 17.2. The van der Waals surface area contributed by atoms with Crippen LogP contribution in [0.15, 0.2) is 24.3 Å². The molecule has 0 unspecified atom stereocenters. The van der Waals surface area contributed by atoms with Crippen molar-refractivity contribution >= 4 is 11.9 Å². The minimum Gasteiger partial charge on any atom is -0.494 e. The highest BCUT2D eigenvalue weighted by atomic mass is 19.1. The molecule has 2 rings (SSSR count). The molecule has 0 aromatic heterocycles. The molecule has 0 bridgehead atoms. The smallest absolute Gasteiger partial charge is 0.314 e. The highest BCUT2D eigenvalue weighted by molar-refractivity contribution is 5.78. The maximum atomic E-state index is 12.7. The van der Waals surface area contributed by atoms with E-state index in [9.17, 15) is 14.0 Å². The fourth-order valence-corrected chi connectivity index (χ4v) is 2.47. The minimum atomic E-state index is -0.302. The Morgan fingerprint density at radius 2 is 1.75 bits per heavy atom. The van der Waals surface area contributed by atoms with Gasteiger partial charge in [0.2, 0.25) is 5.91 Å². The Morgan fingerprint density at radius 3 is 2.46 bits per heavy atom. The number of nitrogens with one attached hydrogen (secondary N) is 2. The number of hydrogen-bond donors (Lipinski definition) is 2. The van der Waals surface area contributed by atoms with Gasteiger partial charge in [0.1, 0.15) is 11.6 Å². The summed E-state index contributed by atoms with van der Waals surface area (Å²) in [6, 6.07) is 5.51. The lowest BCUT2D eigenvalue weighted by atomic mass is 10.3. The SMILES string of the molecule is O=C(NCCCOc1ccc(F)cc1)NCCC(=O)N1CCCC1. The average molecular weight is 337 g/mol. The zero-order valence-electron chi connectivity index (χ0n) is 13.7. The van der Waals surface area contributed by atoms with E-state index in [1.165, 1.54) is 12.1 Å². The van der Waals surface area contributed by atoms with Crippen LogP contribution in [0, 0.1) is 5.82 Å². The van der Waals surface area contributed by atoms with Crippen LogP contribution in [0.2, 0.25) is 0 Å². The molecule has 0 atom stereocenters. The molecule has 0 saturated carbocycles. The summed E-state index contributed by atoms with van der Waals surface area (Å²) in [5.74, 6) is 0.394. The molecule has 24 heavy (non-hydrogen) atoms. The summed E-state index contributed by atoms with van der Waals surface area (Å²) in [5, 5.41) is 5.38. The van der Waals surface area contributed by atoms with E-state index in [1.807, 2.05) is 4.90 Å². The minimum absolute atomic E-state index is 0.0977. The van der Waals surface area contributed by atoms with Gasteiger partial charge in [-0.3, -0.25) is 4.79 Å². The molecule has 3 amide bonds. The van der Waals surface area contributed by atoms with Gasteiger partial charge >= 0.3 is 6.03 Å². The van der Waals surface area contributed by atoms with Gasteiger partial charge in [0.05, 0.1) is 6.61 Å². The molecular weight excluding hydrogens is 313 g/mol. The van der Waals surface area contributed by atoms with Gasteiger partial charge in [-0.15, -0.1) is 0 Å². The second-order valence-electron chi connectivity index (χ2n) is 5.68. The van der Waals surface area contributed by atoms with E-state index in [4.69, 9.17) is 4.74 Å². The van der Waals surface area contributed by atoms with E-state index in [0.29, 0.717) is 38.3 Å². The summed E-state index contributed by atoms with van der Waals surface area (Å²) in [6.07, 6.45) is 3.11. The molecule has 1 heterocycles. The summed E-state index contributed by atoms with van der Waals surface area (Å²) in [5.41, 5.74) is 0. The van der Waals surface area contributed by atoms with Gasteiger partial charge in [0.15, 0.2) is 0 Å². The molecule has 1 aliphatic rings. The molecule has 1 aromatic carbocycles. The van der Waals surface area contributed by atoms with Crippen molar-refractivity contribution in [2.75, 3.05) is 32.8 Å². The number of hydrogen-bond acceptors (Lipinski definition) is 3. The van der Waals surface area contributed by atoms with Crippen LogP contribution in [0.1, 0.15) is 25.7 Å². The van der Waals surface area contributed by atoms with Gasteiger partial charge in [0.25, 0.3) is 0 Å². The summed E-state index contributed by atoms with van der Waals surface area (Å²) in [6.45, 7) is 2.90. The first-order valence-corrected chi connectivity index (χ1v) is 8.33. The molecule has 1 aromatic rings. The molecule has 2 N–H and O–H groups in total. The van der Waals surface area contributed by atoms with Crippen LogP contribution in [-0.4, -0.2) is 49.6 Å². The summed E-state index contributed by atoms with van der Waals surface area (Å²) in [7, 11) is 0. The van der Waals surface area contributed by atoms with Crippen LogP contribution in [0.4, 0.5) is 9.18 Å². The van der Waals surface area contributed by atoms with Gasteiger partial charge in [-0.2, -0.15) is 0 Å². The van der Waals surface area contributed by atoms with Gasteiger partial charge in [-0.05, 0) is 43.5 Å². The third-order valence-corrected chi connectivity index (χ3v) is 3.77. The summed E-state index contributed by atoms with van der Waals surface area (Å²) >= 11 is 0. The molecule has 0 radical (unpaired) electrons. The fraction of sp³-hybridized carbons (Fsp3) is 0.529. The Bertz CT molecular complexity index is 530. The number of carbonyl (C=O) groups excluding carboxylic acids is 2. The van der Waals surface area contributed by atoms with Crippen LogP contribution in [0.3, 0.4) is 0 Å². The van der Waals surface area contributed by atoms with Crippen LogP contribution >= 0.6 is 0 Å². The molecule has 0 aliphatic carbocycles. The topological polar surface area (TPSA) is 70.7 Å². The van der Waals surface area contributed by atoms with Crippen molar-refractivity contribution in [3.63, 3.8) is 0 Å². The number of nitrogens with zero attached hydrogens (tertiary/aromatic N) is 1. The molecule has 0 spiro atoms. The highest BCUT2D eigenvalue weighted by Gasteiger charge is 2.17. The predicted molar refractivity (Wildman–Crippen MR) is 88.3 cm³/mol. The van der Waals surface area contributed by atoms with Crippen molar-refractivity contribution in [3.8, 4) is 5.75 Å². The van der Waals surface area contributed by atoms with Crippen LogP contribution in [0.25, 0.3) is 0 Å². The van der Waals surface area contributed by atoms with Crippen LogP contribution in [0.5, 0.6) is 5.75 Å². The quantitative estimate of drug-likeness (QED) is 0.712. The zero-order valence-corrected chi connectivity index (χ0v) is 13.7. The number of rotatable bonds is 8. The Hall–Kier alpha value is -2.31. The molecule has 6 nitrogen and oxygen atoms in total. The second-order valence-corrected chi connectivity index (χ2v) is 5.68. The Morgan fingerprint density at radius 1 is 1.08 bits per heavy atom. The summed E-state index contributed by atoms with van der Waals surface area (Å²) in [4.78, 5) is 25.2. The molecule has 7 heteroatoms. The van der Waals surface area contributed by atoms with Crippen molar-refractivity contribution in [2.24, 2.45) is 0 Å². The first kappa shape index (κ1) is 18.0. The Kier molecular flexibility index (Phi) is 7.32. The first-order chi connectivity index (χ1) is 11.6. The average Bonchev–Trinajstić information content (AvgIpc) is 3.11. The van der Waals surface area contributed by atoms with E-state index < -0.39 is 0 Å². The van der Waals surface area contributed by atoms with Gasteiger partial charge in [-0.25, -0.2) is 9.18 Å². The molecule has 1 aliphatic heterocycles. The first-order valence-electron chi connectivity index (χ1n) is 8.33. The lowest BCUT2D eigenvalue weighted by Gasteiger charge is -2.15. The molecule has 1 fully saturated rings. The number of likely N-dealkylation sites (tertiary alicyclic amines) is 1. The lowest BCUT2D eigenvalue weighted by molar-refractivity contribution is -0.129. The fourth-order valence-electron chi connectivity index (χ4n) is 2.47. The highest BCUT2D eigenvalue weighted by Crippen LogP contribution is 2.11. The predicted octanol–water partition coefficient (Wildman–Crippen LogP) is 1.91. The van der Waals surface area contributed by atoms with E-state index >= 15 is 0 Å². The number of amides is 3. The van der Waals surface area contributed by atoms with Crippen LogP contribution < -0.4 is 15.4 Å². The molecular formula is C17H24FN3O3. The number of halogens is 1. The van der Waals surface area contributed by atoms with E-state index in [0.717, 1.165) is 25.9 Å². The van der Waals surface area contributed by atoms with Crippen molar-refractivity contribution < 1.29 is 18.7 Å². The maximum Gasteiger partial charge on any atom is 0.314 e. The summed E-state index contributed by atoms with van der Waals surface area (Å²) < 4.78 is 18.1. The van der Waals surface area contributed by atoms with Crippen molar-refractivity contribution in [2.45, 2.75) is 25.7 Å². The monoisotopic (exact) mass is 337 g/mol. The normalized spacial score (nSPS) is 13.6. The number of carbonyl (C=O) groups is 2.